The van der Waals surface area contributed by atoms with Gasteiger partial charge in [0.1, 0.15) is 0 Å². The highest BCUT2D eigenvalue weighted by atomic mass is 32.2. The second-order valence-corrected chi connectivity index (χ2v) is 7.81. The fourth-order valence-electron chi connectivity index (χ4n) is 2.93. The lowest BCUT2D eigenvalue weighted by Gasteiger charge is -2.25. The fraction of sp³-hybridized carbons (Fsp3) is 0.333. The smallest absolute Gasteiger partial charge is 0.215 e. The highest BCUT2D eigenvalue weighted by molar-refractivity contribution is 7.88. The van der Waals surface area contributed by atoms with Gasteiger partial charge in [0.15, 0.2) is 0 Å². The minimum atomic E-state index is -3.36. The molecule has 23 heavy (non-hydrogen) atoms. The Morgan fingerprint density at radius 1 is 1.17 bits per heavy atom. The second-order valence-electron chi connectivity index (χ2n) is 6.01. The first kappa shape index (κ1) is 16.2. The van der Waals surface area contributed by atoms with E-state index in [-0.39, 0.29) is 11.7 Å². The molecule has 0 saturated heterocycles. The standard InChI is InChI=1S/C18H21NO3S/c1-14-5-4-6-15(9-14)13-23(20,21)19-10-17-12-22-11-16-7-2-3-8-18(16)17/h2-9,17,19H,10-13H2,1H3. The molecule has 1 atom stereocenters. The molecular formula is C18H21NO3S. The quantitative estimate of drug-likeness (QED) is 0.916. The van der Waals surface area contributed by atoms with Crippen LogP contribution in [0.3, 0.4) is 0 Å². The van der Waals surface area contributed by atoms with Crippen molar-refractivity contribution in [2.45, 2.75) is 25.2 Å². The SMILES string of the molecule is Cc1cccc(CS(=O)(=O)NCC2COCc3ccccc32)c1. The first-order valence-electron chi connectivity index (χ1n) is 7.72. The number of rotatable bonds is 5. The molecule has 0 aliphatic carbocycles. The number of hydrogen-bond acceptors (Lipinski definition) is 3. The van der Waals surface area contributed by atoms with Gasteiger partial charge in [0.25, 0.3) is 0 Å². The van der Waals surface area contributed by atoms with Gasteiger partial charge >= 0.3 is 0 Å². The zero-order valence-electron chi connectivity index (χ0n) is 13.2. The Morgan fingerprint density at radius 2 is 2.00 bits per heavy atom. The topological polar surface area (TPSA) is 55.4 Å². The van der Waals surface area contributed by atoms with Crippen molar-refractivity contribution in [2.24, 2.45) is 0 Å². The van der Waals surface area contributed by atoms with E-state index in [1.54, 1.807) is 0 Å². The molecule has 1 N–H and O–H groups in total. The summed E-state index contributed by atoms with van der Waals surface area (Å²) in [6.45, 7) is 3.47. The van der Waals surface area contributed by atoms with Crippen LogP contribution in [0.25, 0.3) is 0 Å². The number of aryl methyl sites for hydroxylation is 1. The zero-order valence-corrected chi connectivity index (χ0v) is 14.0. The number of nitrogens with one attached hydrogen (secondary N) is 1. The van der Waals surface area contributed by atoms with Crippen molar-refractivity contribution >= 4 is 10.0 Å². The van der Waals surface area contributed by atoms with Gasteiger partial charge in [-0.2, -0.15) is 0 Å². The van der Waals surface area contributed by atoms with Crippen LogP contribution < -0.4 is 4.72 Å². The summed E-state index contributed by atoms with van der Waals surface area (Å²) in [5, 5.41) is 0. The van der Waals surface area contributed by atoms with E-state index >= 15 is 0 Å². The molecule has 122 valence electrons. The summed E-state index contributed by atoms with van der Waals surface area (Å²) < 4.78 is 32.9. The van der Waals surface area contributed by atoms with E-state index in [0.29, 0.717) is 19.8 Å². The Hall–Kier alpha value is -1.69. The fourth-order valence-corrected chi connectivity index (χ4v) is 4.11. The molecular weight excluding hydrogens is 310 g/mol. The van der Waals surface area contributed by atoms with Crippen molar-refractivity contribution in [1.29, 1.82) is 0 Å². The van der Waals surface area contributed by atoms with Gasteiger partial charge in [-0.1, -0.05) is 54.1 Å². The van der Waals surface area contributed by atoms with Crippen LogP contribution in [0.2, 0.25) is 0 Å². The molecule has 2 aromatic carbocycles. The van der Waals surface area contributed by atoms with E-state index in [4.69, 9.17) is 4.74 Å². The minimum absolute atomic E-state index is 0.00387. The highest BCUT2D eigenvalue weighted by Gasteiger charge is 2.22. The van der Waals surface area contributed by atoms with Gasteiger partial charge in [-0.3, -0.25) is 0 Å². The van der Waals surface area contributed by atoms with Gasteiger partial charge in [-0.05, 0) is 23.6 Å². The Bertz CT molecular complexity index is 786. The van der Waals surface area contributed by atoms with Crippen LogP contribution in [0, 0.1) is 6.92 Å². The van der Waals surface area contributed by atoms with Crippen molar-refractivity contribution in [3.63, 3.8) is 0 Å². The predicted octanol–water partition coefficient (Wildman–Crippen LogP) is 2.73. The maximum atomic E-state index is 12.3. The molecule has 3 rings (SSSR count). The lowest BCUT2D eigenvalue weighted by Crippen LogP contribution is -2.33. The first-order valence-corrected chi connectivity index (χ1v) is 9.37. The number of fused-ring (bicyclic) bond motifs is 1. The molecule has 4 nitrogen and oxygen atoms in total. The number of hydrogen-bond donors (Lipinski definition) is 1. The van der Waals surface area contributed by atoms with Crippen LogP contribution in [0.15, 0.2) is 48.5 Å². The summed E-state index contributed by atoms with van der Waals surface area (Å²) in [7, 11) is -3.36. The van der Waals surface area contributed by atoms with Crippen molar-refractivity contribution < 1.29 is 13.2 Å². The average Bonchev–Trinajstić information content (AvgIpc) is 2.52. The van der Waals surface area contributed by atoms with E-state index in [1.165, 1.54) is 5.56 Å². The number of sulfonamides is 1. The summed E-state index contributed by atoms with van der Waals surface area (Å²) in [4.78, 5) is 0. The van der Waals surface area contributed by atoms with Crippen LogP contribution >= 0.6 is 0 Å². The van der Waals surface area contributed by atoms with E-state index in [9.17, 15) is 8.42 Å². The lowest BCUT2D eigenvalue weighted by molar-refractivity contribution is 0.0920. The molecule has 0 bridgehead atoms. The highest BCUT2D eigenvalue weighted by Crippen LogP contribution is 2.26. The van der Waals surface area contributed by atoms with Crippen LogP contribution in [-0.2, 0) is 27.1 Å². The summed E-state index contributed by atoms with van der Waals surface area (Å²) >= 11 is 0. The first-order chi connectivity index (χ1) is 11.0. The maximum absolute atomic E-state index is 12.3. The van der Waals surface area contributed by atoms with Gasteiger partial charge in [0.05, 0.1) is 19.0 Å². The largest absolute Gasteiger partial charge is 0.376 e. The molecule has 0 aromatic heterocycles. The molecule has 0 fully saturated rings. The third kappa shape index (κ3) is 4.19. The monoisotopic (exact) mass is 331 g/mol. The molecule has 2 aromatic rings. The summed E-state index contributed by atoms with van der Waals surface area (Å²) in [6, 6.07) is 15.6. The summed E-state index contributed by atoms with van der Waals surface area (Å²) in [5.41, 5.74) is 4.18. The number of benzene rings is 2. The molecule has 1 heterocycles. The molecule has 1 aliphatic rings. The van der Waals surface area contributed by atoms with Crippen molar-refractivity contribution in [2.75, 3.05) is 13.2 Å². The lowest BCUT2D eigenvalue weighted by atomic mass is 9.93. The predicted molar refractivity (Wildman–Crippen MR) is 90.6 cm³/mol. The maximum Gasteiger partial charge on any atom is 0.215 e. The van der Waals surface area contributed by atoms with Gasteiger partial charge in [0, 0.05) is 12.5 Å². The van der Waals surface area contributed by atoms with Crippen molar-refractivity contribution in [3.8, 4) is 0 Å². The van der Waals surface area contributed by atoms with Gasteiger partial charge < -0.3 is 4.74 Å². The van der Waals surface area contributed by atoms with Crippen molar-refractivity contribution in [1.82, 2.24) is 4.72 Å². The zero-order chi connectivity index (χ0) is 16.3. The third-order valence-electron chi connectivity index (χ3n) is 4.06. The van der Waals surface area contributed by atoms with Crippen LogP contribution in [-0.4, -0.2) is 21.6 Å². The van der Waals surface area contributed by atoms with Crippen LogP contribution in [0.5, 0.6) is 0 Å². The van der Waals surface area contributed by atoms with Gasteiger partial charge in [0.2, 0.25) is 10.0 Å². The van der Waals surface area contributed by atoms with Crippen LogP contribution in [0.4, 0.5) is 0 Å². The normalized spacial score (nSPS) is 17.7. The van der Waals surface area contributed by atoms with E-state index in [0.717, 1.165) is 16.7 Å². The Morgan fingerprint density at radius 3 is 2.83 bits per heavy atom. The molecule has 1 unspecified atom stereocenters. The molecule has 5 heteroatoms. The molecule has 0 saturated carbocycles. The Labute approximate surface area is 137 Å². The van der Waals surface area contributed by atoms with E-state index in [1.807, 2.05) is 49.4 Å². The Kier molecular flexibility index (Phi) is 4.80. The van der Waals surface area contributed by atoms with Gasteiger partial charge in [-0.25, -0.2) is 13.1 Å². The van der Waals surface area contributed by atoms with Crippen LogP contribution in [0.1, 0.15) is 28.2 Å². The molecule has 0 spiro atoms. The molecule has 0 amide bonds. The van der Waals surface area contributed by atoms with Gasteiger partial charge in [-0.15, -0.1) is 0 Å². The second kappa shape index (κ2) is 6.83. The molecule has 1 aliphatic heterocycles. The van der Waals surface area contributed by atoms with E-state index in [2.05, 4.69) is 10.8 Å². The summed E-state index contributed by atoms with van der Waals surface area (Å²) in [5.74, 6) is 0.0661. The third-order valence-corrected chi connectivity index (χ3v) is 5.38. The Balaban J connectivity index is 1.66. The number of ether oxygens (including phenoxy) is 1. The van der Waals surface area contributed by atoms with Crippen molar-refractivity contribution in [3.05, 3.63) is 70.8 Å². The molecule has 0 radical (unpaired) electrons. The van der Waals surface area contributed by atoms with E-state index < -0.39 is 10.0 Å². The summed E-state index contributed by atoms with van der Waals surface area (Å²) in [6.07, 6.45) is 0. The minimum Gasteiger partial charge on any atom is -0.376 e. The average molecular weight is 331 g/mol.